The Morgan fingerprint density at radius 1 is 1.09 bits per heavy atom. The zero-order valence-corrected chi connectivity index (χ0v) is 14.0. The molecule has 0 aliphatic rings. The van der Waals surface area contributed by atoms with Crippen molar-refractivity contribution in [1.82, 2.24) is 4.98 Å². The predicted molar refractivity (Wildman–Crippen MR) is 92.8 cm³/mol. The summed E-state index contributed by atoms with van der Waals surface area (Å²) in [4.78, 5) is 17.1. The van der Waals surface area contributed by atoms with Crippen molar-refractivity contribution in [3.63, 3.8) is 0 Å². The second kappa shape index (κ2) is 5.84. The Kier molecular flexibility index (Phi) is 4.00. The highest BCUT2D eigenvalue weighted by Crippen LogP contribution is 2.33. The van der Waals surface area contributed by atoms with Gasteiger partial charge in [-0.3, -0.25) is 9.78 Å². The molecule has 0 radical (unpaired) electrons. The Bertz CT molecular complexity index is 934. The Balaban J connectivity index is 2.20. The Labute approximate surface area is 143 Å². The molecule has 1 N–H and O–H groups in total. The smallest absolute Gasteiger partial charge is 0.194 e. The molecule has 3 aromatic rings. The van der Waals surface area contributed by atoms with E-state index < -0.39 is 0 Å². The van der Waals surface area contributed by atoms with Crippen molar-refractivity contribution in [3.8, 4) is 5.75 Å². The fraction of sp³-hybridized carbons (Fsp3) is 0.111. The van der Waals surface area contributed by atoms with Crippen LogP contribution in [0.15, 0.2) is 36.4 Å². The number of nitrogens with zero attached hydrogens (tertiary/aromatic N) is 1. The van der Waals surface area contributed by atoms with E-state index in [4.69, 9.17) is 23.2 Å². The number of ketones is 1. The summed E-state index contributed by atoms with van der Waals surface area (Å²) in [5, 5.41) is 11.7. The van der Waals surface area contributed by atoms with Gasteiger partial charge in [-0.15, -0.1) is 0 Å². The maximum absolute atomic E-state index is 12.7. The molecule has 1 aromatic heterocycles. The van der Waals surface area contributed by atoms with Crippen LogP contribution >= 0.6 is 23.2 Å². The fourth-order valence-corrected chi connectivity index (χ4v) is 2.78. The molecule has 2 aromatic carbocycles. The van der Waals surface area contributed by atoms with Crippen LogP contribution in [0.1, 0.15) is 27.2 Å². The number of fused-ring (bicyclic) bond motifs is 1. The van der Waals surface area contributed by atoms with Crippen molar-refractivity contribution < 1.29 is 9.90 Å². The van der Waals surface area contributed by atoms with Gasteiger partial charge in [-0.05, 0) is 50.2 Å². The van der Waals surface area contributed by atoms with Crippen LogP contribution in [0.4, 0.5) is 0 Å². The van der Waals surface area contributed by atoms with Gasteiger partial charge in [0.15, 0.2) is 5.78 Å². The highest BCUT2D eigenvalue weighted by molar-refractivity contribution is 6.36. The molecule has 0 spiro atoms. The minimum absolute atomic E-state index is 0.120. The van der Waals surface area contributed by atoms with Crippen LogP contribution < -0.4 is 0 Å². The second-order valence-corrected chi connectivity index (χ2v) is 6.20. The van der Waals surface area contributed by atoms with Gasteiger partial charge in [-0.1, -0.05) is 23.2 Å². The Morgan fingerprint density at radius 2 is 1.74 bits per heavy atom. The van der Waals surface area contributed by atoms with Crippen molar-refractivity contribution in [2.75, 3.05) is 0 Å². The predicted octanol–water partition coefficient (Wildman–Crippen LogP) is 5.10. The van der Waals surface area contributed by atoms with Crippen molar-refractivity contribution in [3.05, 3.63) is 68.8 Å². The lowest BCUT2D eigenvalue weighted by molar-refractivity contribution is 0.103. The van der Waals surface area contributed by atoms with Crippen molar-refractivity contribution in [1.29, 1.82) is 0 Å². The summed E-state index contributed by atoms with van der Waals surface area (Å²) in [6, 6.07) is 9.77. The average Bonchev–Trinajstić information content (AvgIpc) is 2.52. The first-order valence-electron chi connectivity index (χ1n) is 6.98. The number of hydrogen-bond acceptors (Lipinski definition) is 3. The van der Waals surface area contributed by atoms with Crippen molar-refractivity contribution in [2.45, 2.75) is 13.8 Å². The standard InChI is InChI=1S/C18H13Cl2NO2/c1-9-10(2)21-16-8-15(20)13(7-14(16)17(9)22)18(23)11-3-5-12(19)6-4-11/h3-8H,1-2H3,(H,21,22). The zero-order valence-electron chi connectivity index (χ0n) is 12.5. The number of aromatic hydroxyl groups is 1. The highest BCUT2D eigenvalue weighted by Gasteiger charge is 2.17. The first-order valence-corrected chi connectivity index (χ1v) is 7.73. The second-order valence-electron chi connectivity index (χ2n) is 5.36. The number of pyridine rings is 1. The topological polar surface area (TPSA) is 50.2 Å². The quantitative estimate of drug-likeness (QED) is 0.657. The number of benzene rings is 2. The molecular weight excluding hydrogens is 333 g/mol. The van der Waals surface area contributed by atoms with Crippen LogP contribution in [-0.4, -0.2) is 15.9 Å². The third-order valence-electron chi connectivity index (χ3n) is 3.88. The normalized spacial score (nSPS) is 11.0. The summed E-state index contributed by atoms with van der Waals surface area (Å²) >= 11 is 12.1. The molecule has 23 heavy (non-hydrogen) atoms. The molecule has 0 bridgehead atoms. The molecule has 5 heteroatoms. The monoisotopic (exact) mass is 345 g/mol. The van der Waals surface area contributed by atoms with E-state index in [0.29, 0.717) is 37.6 Å². The Morgan fingerprint density at radius 3 is 2.39 bits per heavy atom. The van der Waals surface area contributed by atoms with E-state index in [9.17, 15) is 9.90 Å². The molecular formula is C18H13Cl2NO2. The zero-order chi connectivity index (χ0) is 16.7. The summed E-state index contributed by atoms with van der Waals surface area (Å²) in [6.45, 7) is 3.60. The van der Waals surface area contributed by atoms with Crippen LogP contribution in [0.3, 0.4) is 0 Å². The van der Waals surface area contributed by atoms with Crippen LogP contribution in [0.2, 0.25) is 10.0 Å². The van der Waals surface area contributed by atoms with Gasteiger partial charge in [0, 0.05) is 32.8 Å². The van der Waals surface area contributed by atoms with Gasteiger partial charge in [0.05, 0.1) is 10.5 Å². The molecule has 0 aliphatic carbocycles. The van der Waals surface area contributed by atoms with E-state index in [1.807, 2.05) is 6.92 Å². The van der Waals surface area contributed by atoms with E-state index in [1.54, 1.807) is 43.3 Å². The molecule has 0 saturated carbocycles. The highest BCUT2D eigenvalue weighted by atomic mass is 35.5. The lowest BCUT2D eigenvalue weighted by Gasteiger charge is -2.10. The molecule has 0 fully saturated rings. The van der Waals surface area contributed by atoms with Gasteiger partial charge >= 0.3 is 0 Å². The summed E-state index contributed by atoms with van der Waals surface area (Å²) in [7, 11) is 0. The summed E-state index contributed by atoms with van der Waals surface area (Å²) in [6.07, 6.45) is 0. The number of aromatic nitrogens is 1. The number of halogens is 2. The van der Waals surface area contributed by atoms with Gasteiger partial charge in [-0.2, -0.15) is 0 Å². The largest absolute Gasteiger partial charge is 0.507 e. The summed E-state index contributed by atoms with van der Waals surface area (Å²) in [5.74, 6) is -0.111. The SMILES string of the molecule is Cc1nc2cc(Cl)c(C(=O)c3ccc(Cl)cc3)cc2c(O)c1C. The maximum Gasteiger partial charge on any atom is 0.194 e. The Hall–Kier alpha value is -2.10. The van der Waals surface area contributed by atoms with Gasteiger partial charge < -0.3 is 5.11 Å². The maximum atomic E-state index is 12.7. The molecule has 0 aliphatic heterocycles. The van der Waals surface area contributed by atoms with E-state index >= 15 is 0 Å². The number of hydrogen-bond donors (Lipinski definition) is 1. The number of carbonyl (C=O) groups excluding carboxylic acids is 1. The fourth-order valence-electron chi connectivity index (χ4n) is 2.41. The molecule has 0 atom stereocenters. The van der Waals surface area contributed by atoms with Crippen LogP contribution in [-0.2, 0) is 0 Å². The number of carbonyl (C=O) groups is 1. The van der Waals surface area contributed by atoms with Crippen LogP contribution in [0.25, 0.3) is 10.9 Å². The minimum atomic E-state index is -0.230. The van der Waals surface area contributed by atoms with Gasteiger partial charge in [0.1, 0.15) is 5.75 Å². The average molecular weight is 346 g/mol. The van der Waals surface area contributed by atoms with Crippen LogP contribution in [0, 0.1) is 13.8 Å². The lowest BCUT2D eigenvalue weighted by Crippen LogP contribution is -2.03. The van der Waals surface area contributed by atoms with Crippen molar-refractivity contribution in [2.24, 2.45) is 0 Å². The number of rotatable bonds is 2. The number of aryl methyl sites for hydroxylation is 1. The molecule has 116 valence electrons. The van der Waals surface area contributed by atoms with E-state index in [2.05, 4.69) is 4.98 Å². The molecule has 3 rings (SSSR count). The minimum Gasteiger partial charge on any atom is -0.507 e. The molecule has 3 nitrogen and oxygen atoms in total. The molecule has 1 heterocycles. The molecule has 0 saturated heterocycles. The van der Waals surface area contributed by atoms with Gasteiger partial charge in [0.25, 0.3) is 0 Å². The first kappa shape index (κ1) is 15.8. The van der Waals surface area contributed by atoms with Gasteiger partial charge in [0.2, 0.25) is 0 Å². The third kappa shape index (κ3) is 2.78. The summed E-state index contributed by atoms with van der Waals surface area (Å²) in [5.41, 5.74) is 2.77. The molecule has 0 unspecified atom stereocenters. The van der Waals surface area contributed by atoms with E-state index in [0.717, 1.165) is 5.69 Å². The first-order chi connectivity index (χ1) is 10.9. The van der Waals surface area contributed by atoms with Crippen LogP contribution in [0.5, 0.6) is 5.75 Å². The van der Waals surface area contributed by atoms with Gasteiger partial charge in [-0.25, -0.2) is 0 Å². The molecule has 0 amide bonds. The van der Waals surface area contributed by atoms with Crippen molar-refractivity contribution >= 4 is 39.9 Å². The van der Waals surface area contributed by atoms with E-state index in [1.165, 1.54) is 0 Å². The third-order valence-corrected chi connectivity index (χ3v) is 4.44. The lowest BCUT2D eigenvalue weighted by atomic mass is 10.00. The van der Waals surface area contributed by atoms with E-state index in [-0.39, 0.29) is 11.5 Å². The summed E-state index contributed by atoms with van der Waals surface area (Å²) < 4.78 is 0.